The molecular formula is C24H31F2N5. The van der Waals surface area contributed by atoms with Crippen molar-refractivity contribution < 1.29 is 8.78 Å². The van der Waals surface area contributed by atoms with Gasteiger partial charge in [0.2, 0.25) is 0 Å². The third kappa shape index (κ3) is 5.66. The van der Waals surface area contributed by atoms with Gasteiger partial charge < -0.3 is 10.6 Å². The molecule has 1 aromatic carbocycles. The van der Waals surface area contributed by atoms with Crippen molar-refractivity contribution >= 4 is 17.2 Å². The fourth-order valence-corrected chi connectivity index (χ4v) is 3.65. The van der Waals surface area contributed by atoms with Crippen molar-refractivity contribution in [1.29, 1.82) is 0 Å². The van der Waals surface area contributed by atoms with Crippen molar-refractivity contribution in [3.63, 3.8) is 0 Å². The van der Waals surface area contributed by atoms with E-state index < -0.39 is 5.82 Å². The van der Waals surface area contributed by atoms with Crippen molar-refractivity contribution in [2.75, 3.05) is 18.0 Å². The van der Waals surface area contributed by atoms with Crippen LogP contribution in [0.1, 0.15) is 57.8 Å². The van der Waals surface area contributed by atoms with Crippen molar-refractivity contribution in [3.05, 3.63) is 59.6 Å². The molecule has 2 aromatic rings. The molecule has 0 bridgehead atoms. The average molecular weight is 428 g/mol. The molecule has 0 aliphatic carbocycles. The van der Waals surface area contributed by atoms with Gasteiger partial charge in [-0.15, -0.1) is 0 Å². The molecule has 1 saturated heterocycles. The van der Waals surface area contributed by atoms with Gasteiger partial charge in [-0.1, -0.05) is 45.4 Å². The quantitative estimate of drug-likeness (QED) is 0.623. The van der Waals surface area contributed by atoms with E-state index in [0.29, 0.717) is 34.6 Å². The first-order valence-corrected chi connectivity index (χ1v) is 10.9. The maximum Gasteiger partial charge on any atom is 0.183 e. The lowest BCUT2D eigenvalue weighted by Gasteiger charge is -2.39. The summed E-state index contributed by atoms with van der Waals surface area (Å²) >= 11 is 0. The first-order valence-electron chi connectivity index (χ1n) is 10.9. The molecule has 2 heterocycles. The number of anilines is 1. The number of hydrogen-bond donors (Lipinski definition) is 1. The predicted octanol–water partition coefficient (Wildman–Crippen LogP) is 5.12. The van der Waals surface area contributed by atoms with Gasteiger partial charge in [-0.2, -0.15) is 0 Å². The van der Waals surface area contributed by atoms with Gasteiger partial charge >= 0.3 is 0 Å². The van der Waals surface area contributed by atoms with Gasteiger partial charge in [0.1, 0.15) is 5.82 Å². The van der Waals surface area contributed by atoms with Crippen LogP contribution in [0.4, 0.5) is 14.6 Å². The smallest absolute Gasteiger partial charge is 0.183 e. The summed E-state index contributed by atoms with van der Waals surface area (Å²) in [5.74, 6) is -0.167. The topological polar surface area (TPSA) is 67.4 Å². The Kier molecular flexibility index (Phi) is 7.36. The van der Waals surface area contributed by atoms with Gasteiger partial charge in [0.25, 0.3) is 0 Å². The van der Waals surface area contributed by atoms with E-state index in [1.807, 2.05) is 11.8 Å². The summed E-state index contributed by atoms with van der Waals surface area (Å²) in [6.45, 7) is 8.15. The zero-order chi connectivity index (χ0) is 22.4. The standard InChI is InChI=1S/C24H31F2N5/c1-4-18(28-15-17-8-6-7-9-19(17)25)14-21(27)22-29-16-20(26)23(30-22)31-12-10-24(3,5-2)11-13-31/h6-9,14,16H,4-5,10-13,15,27H2,1-3H3. The molecule has 0 unspecified atom stereocenters. The summed E-state index contributed by atoms with van der Waals surface area (Å²) in [7, 11) is 0. The van der Waals surface area contributed by atoms with Gasteiger partial charge in [0.05, 0.1) is 18.4 Å². The summed E-state index contributed by atoms with van der Waals surface area (Å²) in [4.78, 5) is 14.9. The predicted molar refractivity (Wildman–Crippen MR) is 122 cm³/mol. The maximum atomic E-state index is 14.5. The van der Waals surface area contributed by atoms with Crippen molar-refractivity contribution in [3.8, 4) is 0 Å². The molecule has 166 valence electrons. The Hall–Kier alpha value is -2.83. The summed E-state index contributed by atoms with van der Waals surface area (Å²) in [6, 6.07) is 6.55. The molecular weight excluding hydrogens is 396 g/mol. The van der Waals surface area contributed by atoms with E-state index in [-0.39, 0.29) is 18.2 Å². The lowest BCUT2D eigenvalue weighted by Crippen LogP contribution is -2.39. The highest BCUT2D eigenvalue weighted by molar-refractivity contribution is 5.99. The Morgan fingerprint density at radius 1 is 1.19 bits per heavy atom. The minimum atomic E-state index is -0.444. The Bertz CT molecular complexity index is 962. The minimum Gasteiger partial charge on any atom is -0.396 e. The summed E-state index contributed by atoms with van der Waals surface area (Å²) in [5, 5.41) is 0. The van der Waals surface area contributed by atoms with Crippen LogP contribution >= 0.6 is 0 Å². The number of nitrogens with zero attached hydrogens (tertiary/aromatic N) is 4. The van der Waals surface area contributed by atoms with Crippen LogP contribution in [0, 0.1) is 17.0 Å². The third-order valence-electron chi connectivity index (χ3n) is 6.20. The Balaban J connectivity index is 1.78. The van der Waals surface area contributed by atoms with Gasteiger partial charge in [0.15, 0.2) is 17.5 Å². The van der Waals surface area contributed by atoms with Gasteiger partial charge in [0, 0.05) is 24.4 Å². The number of nitrogens with two attached hydrogens (primary N) is 1. The highest BCUT2D eigenvalue weighted by atomic mass is 19.1. The molecule has 0 radical (unpaired) electrons. The first kappa shape index (κ1) is 22.8. The van der Waals surface area contributed by atoms with Crippen LogP contribution in [-0.4, -0.2) is 28.8 Å². The summed E-state index contributed by atoms with van der Waals surface area (Å²) in [6.07, 6.45) is 6.58. The van der Waals surface area contributed by atoms with E-state index in [9.17, 15) is 8.78 Å². The van der Waals surface area contributed by atoms with E-state index in [4.69, 9.17) is 5.73 Å². The number of allylic oxidation sites excluding steroid dienone is 1. The normalized spacial score (nSPS) is 17.1. The molecule has 5 nitrogen and oxygen atoms in total. The van der Waals surface area contributed by atoms with Crippen LogP contribution in [0.3, 0.4) is 0 Å². The molecule has 1 aliphatic heterocycles. The first-order chi connectivity index (χ1) is 14.8. The molecule has 3 rings (SSSR count). The number of halogens is 2. The number of aliphatic imine (C=N–C) groups is 1. The molecule has 7 heteroatoms. The van der Waals surface area contributed by atoms with Crippen LogP contribution in [0.2, 0.25) is 0 Å². The molecule has 0 atom stereocenters. The molecule has 0 saturated carbocycles. The lowest BCUT2D eigenvalue weighted by atomic mass is 9.78. The average Bonchev–Trinajstić information content (AvgIpc) is 2.78. The number of piperidine rings is 1. The minimum absolute atomic E-state index is 0.221. The zero-order valence-electron chi connectivity index (χ0n) is 18.5. The van der Waals surface area contributed by atoms with Crippen LogP contribution in [0.25, 0.3) is 5.70 Å². The summed E-state index contributed by atoms with van der Waals surface area (Å²) in [5.41, 5.74) is 8.05. The molecule has 1 aliphatic rings. The fraction of sp³-hybridized carbons (Fsp3) is 0.458. The molecule has 1 fully saturated rings. The van der Waals surface area contributed by atoms with Gasteiger partial charge in [-0.3, -0.25) is 4.99 Å². The van der Waals surface area contributed by atoms with Crippen LogP contribution < -0.4 is 10.6 Å². The molecule has 1 aromatic heterocycles. The number of rotatable bonds is 7. The Morgan fingerprint density at radius 2 is 1.90 bits per heavy atom. The van der Waals surface area contributed by atoms with E-state index in [0.717, 1.165) is 32.4 Å². The number of benzene rings is 1. The largest absolute Gasteiger partial charge is 0.396 e. The van der Waals surface area contributed by atoms with Gasteiger partial charge in [-0.25, -0.2) is 18.7 Å². The molecule has 0 spiro atoms. The SMILES string of the molecule is CCC(C=C(N)c1ncc(F)c(N2CCC(C)(CC)CC2)n1)=NCc1ccccc1F. The molecule has 2 N–H and O–H groups in total. The van der Waals surface area contributed by atoms with E-state index >= 15 is 0 Å². The van der Waals surface area contributed by atoms with Crippen molar-refractivity contribution in [2.24, 2.45) is 16.1 Å². The number of hydrogen-bond acceptors (Lipinski definition) is 5. The van der Waals surface area contributed by atoms with E-state index in [2.05, 4.69) is 28.8 Å². The second-order valence-electron chi connectivity index (χ2n) is 8.37. The molecule has 0 amide bonds. The Morgan fingerprint density at radius 3 is 2.55 bits per heavy atom. The zero-order valence-corrected chi connectivity index (χ0v) is 18.5. The van der Waals surface area contributed by atoms with Gasteiger partial charge in [-0.05, 0) is 36.8 Å². The highest BCUT2D eigenvalue weighted by Gasteiger charge is 2.30. The van der Waals surface area contributed by atoms with Crippen LogP contribution in [0.15, 0.2) is 41.5 Å². The lowest BCUT2D eigenvalue weighted by molar-refractivity contribution is 0.237. The van der Waals surface area contributed by atoms with E-state index in [1.165, 1.54) is 12.3 Å². The highest BCUT2D eigenvalue weighted by Crippen LogP contribution is 2.35. The second kappa shape index (κ2) is 9.98. The maximum absolute atomic E-state index is 14.5. The van der Waals surface area contributed by atoms with Crippen LogP contribution in [0.5, 0.6) is 0 Å². The van der Waals surface area contributed by atoms with E-state index in [1.54, 1.807) is 24.3 Å². The number of aromatic nitrogens is 2. The third-order valence-corrected chi connectivity index (χ3v) is 6.20. The summed E-state index contributed by atoms with van der Waals surface area (Å²) < 4.78 is 28.3. The van der Waals surface area contributed by atoms with Crippen LogP contribution in [-0.2, 0) is 6.54 Å². The molecule has 31 heavy (non-hydrogen) atoms. The Labute approximate surface area is 183 Å². The monoisotopic (exact) mass is 427 g/mol. The van der Waals surface area contributed by atoms with Crippen molar-refractivity contribution in [1.82, 2.24) is 9.97 Å². The van der Waals surface area contributed by atoms with Crippen molar-refractivity contribution in [2.45, 2.75) is 53.0 Å². The second-order valence-corrected chi connectivity index (χ2v) is 8.37. The fourth-order valence-electron chi connectivity index (χ4n) is 3.65.